The van der Waals surface area contributed by atoms with Crippen molar-refractivity contribution in [1.29, 1.82) is 0 Å². The molecule has 0 bridgehead atoms. The van der Waals surface area contributed by atoms with Gasteiger partial charge in [-0.15, -0.1) is 0 Å². The Bertz CT molecular complexity index is 598. The van der Waals surface area contributed by atoms with Crippen LogP contribution in [0.15, 0.2) is 18.2 Å². The van der Waals surface area contributed by atoms with Crippen molar-refractivity contribution in [3.8, 4) is 11.5 Å². The van der Waals surface area contributed by atoms with Gasteiger partial charge in [-0.05, 0) is 37.5 Å². The van der Waals surface area contributed by atoms with Crippen LogP contribution in [0.5, 0.6) is 11.5 Å². The quantitative estimate of drug-likeness (QED) is 0.823. The first-order valence-corrected chi connectivity index (χ1v) is 8.64. The molecule has 0 aromatic heterocycles. The van der Waals surface area contributed by atoms with Gasteiger partial charge in [0.1, 0.15) is 0 Å². The maximum absolute atomic E-state index is 12.7. The number of hydrogen-bond acceptors (Lipinski definition) is 4. The molecule has 0 aliphatic carbocycles. The highest BCUT2D eigenvalue weighted by Gasteiger charge is 2.25. The van der Waals surface area contributed by atoms with Crippen LogP contribution in [0, 0.1) is 0 Å². The van der Waals surface area contributed by atoms with Crippen LogP contribution in [-0.4, -0.2) is 56.7 Å². The topological polar surface area (TPSA) is 79.9 Å². The molecule has 0 spiro atoms. The lowest BCUT2D eigenvalue weighted by Gasteiger charge is -2.32. The molecule has 1 aromatic rings. The van der Waals surface area contributed by atoms with Crippen LogP contribution in [0.2, 0.25) is 0 Å². The molecule has 0 atom stereocenters. The number of carbonyl (C=O) groups is 2. The summed E-state index contributed by atoms with van der Waals surface area (Å²) in [5.74, 6) is 1.10. The van der Waals surface area contributed by atoms with Crippen LogP contribution < -0.4 is 20.1 Å². The van der Waals surface area contributed by atoms with Crippen molar-refractivity contribution in [2.24, 2.45) is 0 Å². The van der Waals surface area contributed by atoms with E-state index in [0.29, 0.717) is 36.7 Å². The highest BCUT2D eigenvalue weighted by Crippen LogP contribution is 2.28. The average Bonchev–Trinajstić information content (AvgIpc) is 2.65. The van der Waals surface area contributed by atoms with Crippen molar-refractivity contribution in [2.45, 2.75) is 32.2 Å². The zero-order valence-electron chi connectivity index (χ0n) is 15.1. The highest BCUT2D eigenvalue weighted by molar-refractivity contribution is 5.95. The van der Waals surface area contributed by atoms with Crippen LogP contribution in [0.3, 0.4) is 0 Å². The summed E-state index contributed by atoms with van der Waals surface area (Å²) in [6, 6.07) is 5.15. The van der Waals surface area contributed by atoms with E-state index in [0.717, 1.165) is 19.3 Å². The maximum Gasteiger partial charge on any atom is 0.315 e. The molecule has 0 unspecified atom stereocenters. The van der Waals surface area contributed by atoms with E-state index in [1.54, 1.807) is 32.4 Å². The van der Waals surface area contributed by atoms with Gasteiger partial charge in [-0.3, -0.25) is 4.79 Å². The third kappa shape index (κ3) is 5.01. The van der Waals surface area contributed by atoms with Crippen LogP contribution in [0.25, 0.3) is 0 Å². The van der Waals surface area contributed by atoms with E-state index in [1.165, 1.54) is 0 Å². The van der Waals surface area contributed by atoms with E-state index < -0.39 is 0 Å². The first kappa shape index (κ1) is 18.9. The Morgan fingerprint density at radius 1 is 1.16 bits per heavy atom. The molecule has 138 valence electrons. The minimum absolute atomic E-state index is 0.0326. The zero-order chi connectivity index (χ0) is 18.2. The summed E-state index contributed by atoms with van der Waals surface area (Å²) < 4.78 is 10.5. The van der Waals surface area contributed by atoms with Crippen molar-refractivity contribution in [1.82, 2.24) is 15.5 Å². The summed E-state index contributed by atoms with van der Waals surface area (Å²) in [6.45, 7) is 3.92. The normalized spacial score (nSPS) is 14.8. The van der Waals surface area contributed by atoms with E-state index in [9.17, 15) is 9.59 Å². The standard InChI is InChI=1S/C18H27N3O4/c1-4-9-19-18(23)20-14-7-10-21(11-8-14)17(22)13-5-6-15(24-2)16(12-13)25-3/h5-6,12,14H,4,7-11H2,1-3H3,(H2,19,20,23). The summed E-state index contributed by atoms with van der Waals surface area (Å²) in [7, 11) is 3.11. The zero-order valence-corrected chi connectivity index (χ0v) is 15.1. The highest BCUT2D eigenvalue weighted by atomic mass is 16.5. The molecule has 1 saturated heterocycles. The Labute approximate surface area is 148 Å². The molecule has 7 heteroatoms. The SMILES string of the molecule is CCCNC(=O)NC1CCN(C(=O)c2ccc(OC)c(OC)c2)CC1. The van der Waals surface area contributed by atoms with E-state index >= 15 is 0 Å². The number of carbonyl (C=O) groups excluding carboxylic acids is 2. The van der Waals surface area contributed by atoms with Crippen LogP contribution in [0.1, 0.15) is 36.5 Å². The fourth-order valence-electron chi connectivity index (χ4n) is 2.85. The molecule has 0 saturated carbocycles. The van der Waals surface area contributed by atoms with Gasteiger partial charge in [-0.25, -0.2) is 4.79 Å². The van der Waals surface area contributed by atoms with Gasteiger partial charge in [0.15, 0.2) is 11.5 Å². The molecule has 1 aliphatic heterocycles. The lowest BCUT2D eigenvalue weighted by Crippen LogP contribution is -2.49. The van der Waals surface area contributed by atoms with E-state index in [2.05, 4.69) is 10.6 Å². The number of benzene rings is 1. The Kier molecular flexibility index (Phi) is 6.91. The Balaban J connectivity index is 1.90. The third-order valence-corrected chi connectivity index (χ3v) is 4.28. The summed E-state index contributed by atoms with van der Waals surface area (Å²) in [4.78, 5) is 26.2. The van der Waals surface area contributed by atoms with Crippen molar-refractivity contribution in [3.05, 3.63) is 23.8 Å². The summed E-state index contributed by atoms with van der Waals surface area (Å²) in [5.41, 5.74) is 0.574. The molecule has 25 heavy (non-hydrogen) atoms. The largest absolute Gasteiger partial charge is 0.493 e. The predicted molar refractivity (Wildman–Crippen MR) is 95.3 cm³/mol. The molecule has 1 heterocycles. The Hall–Kier alpha value is -2.44. The van der Waals surface area contributed by atoms with Gasteiger partial charge >= 0.3 is 6.03 Å². The maximum atomic E-state index is 12.7. The number of piperidine rings is 1. The van der Waals surface area contributed by atoms with E-state index in [4.69, 9.17) is 9.47 Å². The lowest BCUT2D eigenvalue weighted by atomic mass is 10.0. The second-order valence-electron chi connectivity index (χ2n) is 6.04. The summed E-state index contributed by atoms with van der Waals surface area (Å²) in [6.07, 6.45) is 2.41. The minimum Gasteiger partial charge on any atom is -0.493 e. The van der Waals surface area contributed by atoms with Crippen molar-refractivity contribution in [2.75, 3.05) is 33.9 Å². The number of rotatable bonds is 6. The molecular weight excluding hydrogens is 322 g/mol. The van der Waals surface area contributed by atoms with Gasteiger partial charge in [0, 0.05) is 31.2 Å². The monoisotopic (exact) mass is 349 g/mol. The van der Waals surface area contributed by atoms with Crippen LogP contribution in [0.4, 0.5) is 4.79 Å². The van der Waals surface area contributed by atoms with Crippen molar-refractivity contribution >= 4 is 11.9 Å². The fraction of sp³-hybridized carbons (Fsp3) is 0.556. The fourth-order valence-corrected chi connectivity index (χ4v) is 2.85. The summed E-state index contributed by atoms with van der Waals surface area (Å²) >= 11 is 0. The average molecular weight is 349 g/mol. The smallest absolute Gasteiger partial charge is 0.315 e. The molecule has 2 N–H and O–H groups in total. The van der Waals surface area contributed by atoms with Gasteiger partial charge in [-0.1, -0.05) is 6.92 Å². The lowest BCUT2D eigenvalue weighted by molar-refractivity contribution is 0.0708. The van der Waals surface area contributed by atoms with E-state index in [-0.39, 0.29) is 18.0 Å². The predicted octanol–water partition coefficient (Wildman–Crippen LogP) is 2.02. The van der Waals surface area contributed by atoms with Crippen LogP contribution in [-0.2, 0) is 0 Å². The molecule has 1 fully saturated rings. The minimum atomic E-state index is -0.133. The molecule has 0 radical (unpaired) electrons. The molecule has 1 aromatic carbocycles. The van der Waals surface area contributed by atoms with Gasteiger partial charge in [0.25, 0.3) is 5.91 Å². The van der Waals surface area contributed by atoms with Gasteiger partial charge in [-0.2, -0.15) is 0 Å². The second kappa shape index (κ2) is 9.15. The number of amides is 3. The number of hydrogen-bond donors (Lipinski definition) is 2. The van der Waals surface area contributed by atoms with E-state index in [1.807, 2.05) is 11.8 Å². The molecule has 7 nitrogen and oxygen atoms in total. The van der Waals surface area contributed by atoms with Crippen molar-refractivity contribution < 1.29 is 19.1 Å². The Morgan fingerprint density at radius 2 is 1.84 bits per heavy atom. The number of urea groups is 1. The number of nitrogens with zero attached hydrogens (tertiary/aromatic N) is 1. The molecule has 3 amide bonds. The molecular formula is C18H27N3O4. The number of methoxy groups -OCH3 is 2. The van der Waals surface area contributed by atoms with Crippen LogP contribution >= 0.6 is 0 Å². The number of likely N-dealkylation sites (tertiary alicyclic amines) is 1. The third-order valence-electron chi connectivity index (χ3n) is 4.28. The van der Waals surface area contributed by atoms with Gasteiger partial charge < -0.3 is 25.0 Å². The first-order chi connectivity index (χ1) is 12.1. The molecule has 1 aliphatic rings. The summed E-state index contributed by atoms with van der Waals surface area (Å²) in [5, 5.41) is 5.77. The molecule has 2 rings (SSSR count). The second-order valence-corrected chi connectivity index (χ2v) is 6.04. The number of ether oxygens (including phenoxy) is 2. The number of nitrogens with one attached hydrogen (secondary N) is 2. The van der Waals surface area contributed by atoms with Gasteiger partial charge in [0.05, 0.1) is 14.2 Å². The first-order valence-electron chi connectivity index (χ1n) is 8.64. The Morgan fingerprint density at radius 3 is 2.44 bits per heavy atom. The van der Waals surface area contributed by atoms with Crippen molar-refractivity contribution in [3.63, 3.8) is 0 Å². The van der Waals surface area contributed by atoms with Gasteiger partial charge in [0.2, 0.25) is 0 Å².